The van der Waals surface area contributed by atoms with E-state index in [-0.39, 0.29) is 54.1 Å². The quantitative estimate of drug-likeness (QED) is 0.277. The number of nitrogens with zero attached hydrogens (tertiary/aromatic N) is 5. The van der Waals surface area contributed by atoms with Crippen LogP contribution in [0.1, 0.15) is 26.2 Å². The number of phenols is 1. The number of nitrogens with one attached hydrogen (secondary N) is 1. The van der Waals surface area contributed by atoms with Gasteiger partial charge in [-0.2, -0.15) is 9.97 Å². The summed E-state index contributed by atoms with van der Waals surface area (Å²) in [5.74, 6) is -3.25. The molecule has 43 heavy (non-hydrogen) atoms. The van der Waals surface area contributed by atoms with Gasteiger partial charge in [-0.1, -0.05) is 23.7 Å². The first-order valence-electron chi connectivity index (χ1n) is 14.3. The van der Waals surface area contributed by atoms with Crippen LogP contribution in [0.4, 0.5) is 19.0 Å². The molecule has 4 aromatic rings. The largest absolute Gasteiger partial charge is 0.508 e. The Morgan fingerprint density at radius 3 is 2.74 bits per heavy atom. The van der Waals surface area contributed by atoms with Crippen LogP contribution in [-0.4, -0.2) is 82.8 Å². The van der Waals surface area contributed by atoms with Crippen molar-refractivity contribution in [1.82, 2.24) is 25.2 Å². The standard InChI is InChI=1S/C31H32ClF3N6O2/c1-29-8-7-18(39-29)12-41(14-29)27-21-11-36-25(20-10-19(42)9-17-5-4-6-22(32)23(17)20)24(33)26(21)37-28(38-27)43-16-30(15-40(2)3)13-31(30,34)35/h4-6,9-11,18,39,42H,7-8,12-16H2,1-3H3/t18-,29-,30-/m1/s1. The number of alkyl halides is 2. The van der Waals surface area contributed by atoms with Crippen molar-refractivity contribution in [2.24, 2.45) is 5.41 Å². The summed E-state index contributed by atoms with van der Waals surface area (Å²) in [5, 5.41) is 16.0. The number of piperazine rings is 1. The second kappa shape index (κ2) is 9.80. The molecule has 3 fully saturated rings. The van der Waals surface area contributed by atoms with Gasteiger partial charge in [0, 0.05) is 59.8 Å². The molecule has 0 unspecified atom stereocenters. The maximum atomic E-state index is 16.6. The first-order chi connectivity index (χ1) is 20.4. The number of ether oxygens (including phenoxy) is 1. The monoisotopic (exact) mass is 612 g/mol. The van der Waals surface area contributed by atoms with E-state index < -0.39 is 17.2 Å². The lowest BCUT2D eigenvalue weighted by Crippen LogP contribution is -2.58. The van der Waals surface area contributed by atoms with Crippen molar-refractivity contribution in [2.45, 2.75) is 43.7 Å². The molecule has 2 aromatic carbocycles. The number of aromatic nitrogens is 3. The molecule has 2 aliphatic heterocycles. The fraction of sp³-hybridized carbons (Fsp3) is 0.452. The van der Waals surface area contributed by atoms with Crippen LogP contribution in [0, 0.1) is 11.2 Å². The first kappa shape index (κ1) is 28.4. The number of pyridine rings is 1. The SMILES string of the molecule is CN(C)C[C@@]1(COc2nc(N3C[C@H]4CC[C@](C)(C3)N4)c3cnc(-c4cc(O)cc5cccc(Cl)c45)c(F)c3n2)CC1(F)F. The maximum absolute atomic E-state index is 16.6. The van der Waals surface area contributed by atoms with Crippen LogP contribution < -0.4 is 15.0 Å². The zero-order valence-corrected chi connectivity index (χ0v) is 24.9. The van der Waals surface area contributed by atoms with Gasteiger partial charge < -0.3 is 25.0 Å². The van der Waals surface area contributed by atoms with Gasteiger partial charge in [0.25, 0.3) is 5.92 Å². The van der Waals surface area contributed by atoms with Gasteiger partial charge in [-0.05, 0) is 57.4 Å². The number of aromatic hydroxyl groups is 1. The number of fused-ring (bicyclic) bond motifs is 4. The number of hydrogen-bond donors (Lipinski definition) is 2. The molecule has 226 valence electrons. The molecule has 1 saturated carbocycles. The number of hydrogen-bond acceptors (Lipinski definition) is 8. The highest BCUT2D eigenvalue weighted by atomic mass is 35.5. The van der Waals surface area contributed by atoms with E-state index in [1.165, 1.54) is 12.3 Å². The fourth-order valence-electron chi connectivity index (χ4n) is 6.94. The second-order valence-electron chi connectivity index (χ2n) is 12.9. The Hall–Kier alpha value is -3.41. The first-order valence-corrected chi connectivity index (χ1v) is 14.7. The summed E-state index contributed by atoms with van der Waals surface area (Å²) in [6.45, 7) is 3.23. The molecule has 3 aliphatic rings. The molecule has 2 saturated heterocycles. The molecule has 4 heterocycles. The fourth-order valence-corrected chi connectivity index (χ4v) is 7.22. The van der Waals surface area contributed by atoms with E-state index >= 15 is 4.39 Å². The van der Waals surface area contributed by atoms with E-state index in [0.29, 0.717) is 45.7 Å². The van der Waals surface area contributed by atoms with Gasteiger partial charge in [0.05, 0.1) is 10.8 Å². The summed E-state index contributed by atoms with van der Waals surface area (Å²) in [6.07, 6.45) is 3.22. The third-order valence-corrected chi connectivity index (χ3v) is 9.31. The molecule has 0 spiro atoms. The van der Waals surface area contributed by atoms with E-state index in [1.807, 2.05) is 0 Å². The zero-order valence-electron chi connectivity index (χ0n) is 24.1. The van der Waals surface area contributed by atoms with Gasteiger partial charge >= 0.3 is 6.01 Å². The molecular formula is C31H32ClF3N6O2. The number of rotatable bonds is 7. The minimum Gasteiger partial charge on any atom is -0.508 e. The molecule has 0 amide bonds. The number of halogens is 4. The average molecular weight is 613 g/mol. The lowest BCUT2D eigenvalue weighted by atomic mass is 9.99. The summed E-state index contributed by atoms with van der Waals surface area (Å²) in [5.41, 5.74) is -1.31. The van der Waals surface area contributed by atoms with Crippen LogP contribution in [0.25, 0.3) is 32.9 Å². The molecule has 8 nitrogen and oxygen atoms in total. The Kier molecular flexibility index (Phi) is 6.47. The van der Waals surface area contributed by atoms with Gasteiger partial charge in [0.2, 0.25) is 0 Å². The van der Waals surface area contributed by atoms with E-state index in [1.54, 1.807) is 43.3 Å². The second-order valence-corrected chi connectivity index (χ2v) is 13.3. The van der Waals surface area contributed by atoms with Crippen molar-refractivity contribution in [3.8, 4) is 23.0 Å². The number of phenolic OH excluding ortho intramolecular Hbond substituents is 1. The normalized spacial score (nSPS) is 26.0. The summed E-state index contributed by atoms with van der Waals surface area (Å²) in [6, 6.07) is 8.23. The summed E-state index contributed by atoms with van der Waals surface area (Å²) in [4.78, 5) is 17.4. The summed E-state index contributed by atoms with van der Waals surface area (Å²) < 4.78 is 51.5. The van der Waals surface area contributed by atoms with Gasteiger partial charge in [-0.3, -0.25) is 4.98 Å². The minimum atomic E-state index is -2.87. The van der Waals surface area contributed by atoms with Crippen molar-refractivity contribution in [3.63, 3.8) is 0 Å². The lowest BCUT2D eigenvalue weighted by Gasteiger charge is -2.40. The van der Waals surface area contributed by atoms with Crippen molar-refractivity contribution in [2.75, 3.05) is 45.2 Å². The number of benzene rings is 2. The van der Waals surface area contributed by atoms with Crippen molar-refractivity contribution in [1.29, 1.82) is 0 Å². The molecule has 3 atom stereocenters. The Labute approximate surface area is 251 Å². The van der Waals surface area contributed by atoms with Crippen LogP contribution >= 0.6 is 11.6 Å². The van der Waals surface area contributed by atoms with Crippen LogP contribution in [0.3, 0.4) is 0 Å². The predicted molar refractivity (Wildman–Crippen MR) is 160 cm³/mol. The van der Waals surface area contributed by atoms with Crippen LogP contribution in [-0.2, 0) is 0 Å². The molecule has 2 bridgehead atoms. The zero-order chi connectivity index (χ0) is 30.3. The van der Waals surface area contributed by atoms with E-state index in [9.17, 15) is 13.9 Å². The van der Waals surface area contributed by atoms with Gasteiger partial charge in [0.15, 0.2) is 5.82 Å². The minimum absolute atomic E-state index is 0.0474. The average Bonchev–Trinajstić information content (AvgIpc) is 3.35. The Morgan fingerprint density at radius 1 is 1.23 bits per heavy atom. The van der Waals surface area contributed by atoms with Crippen molar-refractivity contribution >= 4 is 39.1 Å². The molecule has 2 aromatic heterocycles. The van der Waals surface area contributed by atoms with Crippen LogP contribution in [0.15, 0.2) is 36.5 Å². The van der Waals surface area contributed by atoms with Crippen molar-refractivity contribution in [3.05, 3.63) is 47.4 Å². The third kappa shape index (κ3) is 4.81. The highest BCUT2D eigenvalue weighted by Crippen LogP contribution is 2.60. The predicted octanol–water partition coefficient (Wildman–Crippen LogP) is 5.64. The van der Waals surface area contributed by atoms with Gasteiger partial charge in [-0.15, -0.1) is 0 Å². The van der Waals surface area contributed by atoms with Gasteiger partial charge in [-0.25, -0.2) is 13.2 Å². The Balaban J connectivity index is 1.37. The Bertz CT molecular complexity index is 1770. The van der Waals surface area contributed by atoms with E-state index in [2.05, 4.69) is 32.1 Å². The van der Waals surface area contributed by atoms with E-state index in [4.69, 9.17) is 16.3 Å². The smallest absolute Gasteiger partial charge is 0.319 e. The Morgan fingerprint density at radius 2 is 2.02 bits per heavy atom. The topological polar surface area (TPSA) is 86.6 Å². The highest BCUT2D eigenvalue weighted by molar-refractivity contribution is 6.36. The molecule has 12 heteroatoms. The lowest BCUT2D eigenvalue weighted by molar-refractivity contribution is 0.0288. The molecule has 2 N–H and O–H groups in total. The van der Waals surface area contributed by atoms with Crippen LogP contribution in [0.5, 0.6) is 11.8 Å². The summed E-state index contributed by atoms with van der Waals surface area (Å²) in [7, 11) is 3.47. The molecule has 0 radical (unpaired) electrons. The van der Waals surface area contributed by atoms with Crippen molar-refractivity contribution < 1.29 is 23.0 Å². The summed E-state index contributed by atoms with van der Waals surface area (Å²) >= 11 is 6.53. The molecule has 1 aliphatic carbocycles. The molecular weight excluding hydrogens is 581 g/mol. The highest BCUT2D eigenvalue weighted by Gasteiger charge is 2.71. The van der Waals surface area contributed by atoms with Gasteiger partial charge in [0.1, 0.15) is 29.4 Å². The third-order valence-electron chi connectivity index (χ3n) is 8.99. The maximum Gasteiger partial charge on any atom is 0.319 e. The van der Waals surface area contributed by atoms with Crippen LogP contribution in [0.2, 0.25) is 5.02 Å². The molecule has 7 rings (SSSR count). The van der Waals surface area contributed by atoms with E-state index in [0.717, 1.165) is 12.8 Å². The number of anilines is 1.